The maximum atomic E-state index is 12.9. The van der Waals surface area contributed by atoms with Crippen LogP contribution in [0.4, 0.5) is 4.39 Å². The van der Waals surface area contributed by atoms with Crippen molar-refractivity contribution >= 4 is 5.91 Å². The molecule has 18 heavy (non-hydrogen) atoms. The largest absolute Gasteiger partial charge is 0.333 e. The molecule has 1 amide bonds. The van der Waals surface area contributed by atoms with E-state index in [1.165, 1.54) is 11.9 Å². The normalized spacial score (nSPS) is 21.7. The molecule has 100 valence electrons. The molecule has 0 fully saturated rings. The smallest absolute Gasteiger partial charge is 0.282 e. The highest BCUT2D eigenvalue weighted by atomic mass is 19.1. The topological polar surface area (TPSA) is 64.2 Å². The molecule has 0 spiro atoms. The molecular formula is C12H19FN4O. The van der Waals surface area contributed by atoms with Gasteiger partial charge in [-0.1, -0.05) is 6.58 Å². The summed E-state index contributed by atoms with van der Waals surface area (Å²) < 4.78 is 14.8. The van der Waals surface area contributed by atoms with Crippen molar-refractivity contribution in [3.05, 3.63) is 30.4 Å². The Labute approximate surface area is 106 Å². The van der Waals surface area contributed by atoms with Crippen LogP contribution in [0.5, 0.6) is 0 Å². The summed E-state index contributed by atoms with van der Waals surface area (Å²) in [4.78, 5) is 13.2. The molecule has 0 saturated carbocycles. The maximum absolute atomic E-state index is 12.9. The second-order valence-electron chi connectivity index (χ2n) is 4.08. The lowest BCUT2D eigenvalue weighted by atomic mass is 10.1. The number of nitrogens with zero attached hydrogens (tertiary/aromatic N) is 3. The molecule has 6 heteroatoms. The van der Waals surface area contributed by atoms with Crippen molar-refractivity contribution in [3.63, 3.8) is 0 Å². The summed E-state index contributed by atoms with van der Waals surface area (Å²) in [6.45, 7) is 7.39. The number of aromatic nitrogens is 2. The van der Waals surface area contributed by atoms with Crippen LogP contribution in [0.2, 0.25) is 0 Å². The third kappa shape index (κ3) is 2.43. The van der Waals surface area contributed by atoms with Gasteiger partial charge in [0, 0.05) is 12.2 Å². The van der Waals surface area contributed by atoms with Gasteiger partial charge in [-0.15, -0.1) is 0 Å². The summed E-state index contributed by atoms with van der Waals surface area (Å²) >= 11 is 0. The molecule has 2 rings (SSSR count). The fourth-order valence-corrected chi connectivity index (χ4v) is 2.23. The van der Waals surface area contributed by atoms with Gasteiger partial charge >= 0.3 is 0 Å². The van der Waals surface area contributed by atoms with Gasteiger partial charge in [0.15, 0.2) is 5.83 Å². The van der Waals surface area contributed by atoms with Crippen LogP contribution >= 0.6 is 0 Å². The van der Waals surface area contributed by atoms with Crippen molar-refractivity contribution in [1.29, 1.82) is 0 Å². The Bertz CT molecular complexity index is 443. The highest BCUT2D eigenvalue weighted by Crippen LogP contribution is 2.29. The molecule has 0 aliphatic carbocycles. The second kappa shape index (κ2) is 5.77. The van der Waals surface area contributed by atoms with Crippen LogP contribution in [-0.2, 0) is 11.3 Å². The zero-order chi connectivity index (χ0) is 13.9. The summed E-state index contributed by atoms with van der Waals surface area (Å²) in [5, 5.41) is 4.16. The third-order valence-corrected chi connectivity index (χ3v) is 2.97. The van der Waals surface area contributed by atoms with E-state index in [-0.39, 0.29) is 12.1 Å². The van der Waals surface area contributed by atoms with Gasteiger partial charge in [-0.3, -0.25) is 9.48 Å². The van der Waals surface area contributed by atoms with Gasteiger partial charge in [0.1, 0.15) is 0 Å². The molecular weight excluding hydrogens is 235 g/mol. The Hall–Kier alpha value is -1.69. The molecule has 1 aliphatic heterocycles. The highest BCUT2D eigenvalue weighted by molar-refractivity contribution is 5.91. The van der Waals surface area contributed by atoms with Gasteiger partial charge in [0.25, 0.3) is 5.91 Å². The van der Waals surface area contributed by atoms with Crippen LogP contribution in [0, 0.1) is 0 Å². The molecule has 5 nitrogen and oxygen atoms in total. The first kappa shape index (κ1) is 14.4. The minimum atomic E-state index is -0.910. The maximum Gasteiger partial charge on any atom is 0.282 e. The van der Waals surface area contributed by atoms with E-state index in [1.54, 1.807) is 6.20 Å². The number of rotatable bonds is 1. The van der Waals surface area contributed by atoms with E-state index in [9.17, 15) is 9.18 Å². The standard InChI is InChI=1S/C11H14FN3O.CH5N/c1-7-6-14-10(4-5-13-14)9(3)15(7)11(16)8(2)12;1-2/h4-5,7,9H,2,6H2,1,3H3;2H2,1H3. The number of halogens is 1. The zero-order valence-electron chi connectivity index (χ0n) is 10.9. The predicted octanol–water partition coefficient (Wildman–Crippen LogP) is 1.23. The van der Waals surface area contributed by atoms with E-state index >= 15 is 0 Å². The molecule has 2 N–H and O–H groups in total. The van der Waals surface area contributed by atoms with E-state index in [4.69, 9.17) is 0 Å². The van der Waals surface area contributed by atoms with Crippen molar-refractivity contribution in [2.75, 3.05) is 7.05 Å². The Balaban J connectivity index is 0.000000771. The minimum Gasteiger partial charge on any atom is -0.333 e. The van der Waals surface area contributed by atoms with E-state index in [1.807, 2.05) is 24.6 Å². The summed E-state index contributed by atoms with van der Waals surface area (Å²) in [6.07, 6.45) is 1.69. The van der Waals surface area contributed by atoms with Gasteiger partial charge in [-0.2, -0.15) is 5.10 Å². The number of hydrogen-bond acceptors (Lipinski definition) is 3. The molecule has 0 radical (unpaired) electrons. The molecule has 0 saturated heterocycles. The monoisotopic (exact) mass is 254 g/mol. The molecule has 1 aliphatic rings. The van der Waals surface area contributed by atoms with Gasteiger partial charge in [0.2, 0.25) is 0 Å². The Kier molecular flexibility index (Phi) is 4.61. The minimum absolute atomic E-state index is 0.0811. The zero-order valence-corrected chi connectivity index (χ0v) is 10.9. The fraction of sp³-hybridized carbons (Fsp3) is 0.500. The predicted molar refractivity (Wildman–Crippen MR) is 67.3 cm³/mol. The summed E-state index contributed by atoms with van der Waals surface area (Å²) in [5.41, 5.74) is 5.42. The lowest BCUT2D eigenvalue weighted by molar-refractivity contribution is -0.134. The fourth-order valence-electron chi connectivity index (χ4n) is 2.23. The average molecular weight is 254 g/mol. The van der Waals surface area contributed by atoms with Crippen molar-refractivity contribution in [2.24, 2.45) is 5.73 Å². The first-order valence-electron chi connectivity index (χ1n) is 5.79. The van der Waals surface area contributed by atoms with Crippen LogP contribution in [0.15, 0.2) is 24.7 Å². The Morgan fingerprint density at radius 1 is 1.56 bits per heavy atom. The number of fused-ring (bicyclic) bond motifs is 1. The Morgan fingerprint density at radius 2 is 2.17 bits per heavy atom. The number of hydrogen-bond donors (Lipinski definition) is 1. The lowest BCUT2D eigenvalue weighted by Gasteiger charge is -2.38. The van der Waals surface area contributed by atoms with Gasteiger partial charge in [-0.25, -0.2) is 4.39 Å². The van der Waals surface area contributed by atoms with E-state index in [0.29, 0.717) is 6.54 Å². The Morgan fingerprint density at radius 3 is 2.72 bits per heavy atom. The number of nitrogens with two attached hydrogens (primary N) is 1. The number of carbonyl (C=O) groups excluding carboxylic acids is 1. The quantitative estimate of drug-likeness (QED) is 0.767. The van der Waals surface area contributed by atoms with E-state index in [2.05, 4.69) is 17.4 Å². The van der Waals surface area contributed by atoms with Gasteiger partial charge in [-0.05, 0) is 27.0 Å². The molecule has 2 atom stereocenters. The van der Waals surface area contributed by atoms with Crippen LogP contribution in [0.3, 0.4) is 0 Å². The van der Waals surface area contributed by atoms with Crippen molar-refractivity contribution in [1.82, 2.24) is 14.7 Å². The molecule has 1 aromatic rings. The first-order valence-corrected chi connectivity index (χ1v) is 5.79. The molecule has 1 aromatic heterocycles. The van der Waals surface area contributed by atoms with Crippen molar-refractivity contribution in [3.8, 4) is 0 Å². The number of amides is 1. The number of carbonyl (C=O) groups is 1. The van der Waals surface area contributed by atoms with Crippen LogP contribution in [-0.4, -0.2) is 33.7 Å². The first-order chi connectivity index (χ1) is 8.52. The van der Waals surface area contributed by atoms with Gasteiger partial charge in [0.05, 0.1) is 18.3 Å². The van der Waals surface area contributed by atoms with E-state index in [0.717, 1.165) is 5.69 Å². The average Bonchev–Trinajstić information content (AvgIpc) is 2.79. The SMILES string of the molecule is C=C(F)C(=O)N1C(C)Cn2nccc2C1C.CN. The van der Waals surface area contributed by atoms with Crippen LogP contribution in [0.1, 0.15) is 25.6 Å². The molecule has 2 unspecified atom stereocenters. The van der Waals surface area contributed by atoms with E-state index < -0.39 is 11.7 Å². The van der Waals surface area contributed by atoms with Crippen LogP contribution < -0.4 is 5.73 Å². The second-order valence-corrected chi connectivity index (χ2v) is 4.08. The highest BCUT2D eigenvalue weighted by Gasteiger charge is 2.34. The lowest BCUT2D eigenvalue weighted by Crippen LogP contribution is -2.47. The molecule has 0 aromatic carbocycles. The van der Waals surface area contributed by atoms with Crippen molar-refractivity contribution in [2.45, 2.75) is 32.5 Å². The van der Waals surface area contributed by atoms with Gasteiger partial charge < -0.3 is 10.6 Å². The van der Waals surface area contributed by atoms with Crippen LogP contribution in [0.25, 0.3) is 0 Å². The summed E-state index contributed by atoms with van der Waals surface area (Å²) in [5.74, 6) is -1.54. The summed E-state index contributed by atoms with van der Waals surface area (Å²) in [6, 6.07) is 1.59. The molecule has 2 heterocycles. The third-order valence-electron chi connectivity index (χ3n) is 2.97. The molecule has 0 bridgehead atoms. The van der Waals surface area contributed by atoms with Crippen molar-refractivity contribution < 1.29 is 9.18 Å². The summed E-state index contributed by atoms with van der Waals surface area (Å²) in [7, 11) is 1.50.